The Bertz CT molecular complexity index is 1090. The molecule has 3 aromatic rings. The first-order chi connectivity index (χ1) is 17.0. The second-order valence-electron chi connectivity index (χ2n) is 8.63. The van der Waals surface area contributed by atoms with Crippen LogP contribution in [-0.2, 0) is 28.2 Å². The van der Waals surface area contributed by atoms with Gasteiger partial charge in [-0.05, 0) is 30.5 Å². The van der Waals surface area contributed by atoms with Gasteiger partial charge in [0.05, 0.1) is 11.3 Å². The monoisotopic (exact) mass is 480 g/mol. The fourth-order valence-electron chi connectivity index (χ4n) is 4.12. The van der Waals surface area contributed by atoms with Gasteiger partial charge in [0.25, 0.3) is 0 Å². The molecule has 8 heteroatoms. The van der Waals surface area contributed by atoms with Gasteiger partial charge in [0.1, 0.15) is 5.82 Å². The minimum Gasteiger partial charge on any atom is -0.478 e. The molecule has 1 N–H and O–H groups in total. The average Bonchev–Trinajstić information content (AvgIpc) is 3.28. The van der Waals surface area contributed by atoms with Gasteiger partial charge in [0, 0.05) is 45.4 Å². The Labute approximate surface area is 207 Å². The number of pyridine rings is 1. The van der Waals surface area contributed by atoms with Gasteiger partial charge in [-0.2, -0.15) is 5.10 Å². The predicted octanol–water partition coefficient (Wildman–Crippen LogP) is 5.46. The first-order valence-electron chi connectivity index (χ1n) is 12.3. The van der Waals surface area contributed by atoms with Crippen LogP contribution in [0.25, 0.3) is 11.3 Å². The van der Waals surface area contributed by atoms with Crippen LogP contribution in [0, 0.1) is 0 Å². The molecule has 0 unspecified atom stereocenters. The number of carbonyl (C=O) groups is 1. The molecule has 0 spiro atoms. The van der Waals surface area contributed by atoms with E-state index < -0.39 is 11.8 Å². The number of aromatic nitrogens is 4. The van der Waals surface area contributed by atoms with Crippen LogP contribution >= 0.6 is 0 Å². The highest BCUT2D eigenvalue weighted by atomic mass is 16.7. The molecule has 0 radical (unpaired) electrons. The molecule has 2 heterocycles. The molecule has 0 saturated carbocycles. The summed E-state index contributed by atoms with van der Waals surface area (Å²) < 4.78 is 13.6. The fraction of sp³-hybridized carbons (Fsp3) is 0.481. The van der Waals surface area contributed by atoms with Gasteiger partial charge in [-0.1, -0.05) is 57.4 Å². The van der Waals surface area contributed by atoms with Gasteiger partial charge in [0.15, 0.2) is 0 Å². The number of aryl methyl sites for hydroxylation is 1. The molecule has 35 heavy (non-hydrogen) atoms. The molecular formula is C27H36N4O4. The number of methoxy groups -OCH3 is 2. The Balaban J connectivity index is 1.90. The number of aromatic carboxylic acids is 1. The molecular weight excluding hydrogens is 444 g/mol. The minimum absolute atomic E-state index is 0.183. The van der Waals surface area contributed by atoms with E-state index in [1.165, 1.54) is 0 Å². The van der Waals surface area contributed by atoms with Gasteiger partial charge >= 0.3 is 5.97 Å². The summed E-state index contributed by atoms with van der Waals surface area (Å²) in [6.45, 7) is 5.09. The van der Waals surface area contributed by atoms with Crippen molar-refractivity contribution in [3.8, 4) is 11.3 Å². The molecule has 0 aliphatic rings. The van der Waals surface area contributed by atoms with Crippen LogP contribution in [-0.4, -0.2) is 45.0 Å². The summed E-state index contributed by atoms with van der Waals surface area (Å²) in [7, 11) is 3.27. The Morgan fingerprint density at radius 1 is 1.03 bits per heavy atom. The van der Waals surface area contributed by atoms with Crippen molar-refractivity contribution in [2.75, 3.05) is 14.2 Å². The van der Waals surface area contributed by atoms with Crippen LogP contribution in [0.15, 0.2) is 42.6 Å². The zero-order valence-electron chi connectivity index (χ0n) is 21.2. The van der Waals surface area contributed by atoms with E-state index in [4.69, 9.17) is 19.6 Å². The number of benzene rings is 1. The average molecular weight is 481 g/mol. The molecule has 0 fully saturated rings. The van der Waals surface area contributed by atoms with E-state index in [0.717, 1.165) is 55.6 Å². The van der Waals surface area contributed by atoms with Crippen molar-refractivity contribution in [2.45, 2.75) is 71.1 Å². The van der Waals surface area contributed by atoms with Crippen LogP contribution < -0.4 is 0 Å². The van der Waals surface area contributed by atoms with Crippen molar-refractivity contribution in [3.05, 3.63) is 65.4 Å². The first-order valence-corrected chi connectivity index (χ1v) is 12.3. The summed E-state index contributed by atoms with van der Waals surface area (Å²) in [5.74, 6) is -0.550. The van der Waals surface area contributed by atoms with Crippen LogP contribution in [0.1, 0.15) is 79.9 Å². The Morgan fingerprint density at radius 2 is 1.74 bits per heavy atom. The summed E-state index contributed by atoms with van der Waals surface area (Å²) in [5, 5.41) is 14.3. The van der Waals surface area contributed by atoms with Crippen LogP contribution in [0.4, 0.5) is 0 Å². The van der Waals surface area contributed by atoms with Gasteiger partial charge in [-0.3, -0.25) is 4.98 Å². The highest BCUT2D eigenvalue weighted by Crippen LogP contribution is 2.30. The molecule has 8 nitrogen and oxygen atoms in total. The maximum absolute atomic E-state index is 11.6. The summed E-state index contributed by atoms with van der Waals surface area (Å²) in [6, 6.07) is 11.0. The molecule has 0 aliphatic carbocycles. The quantitative estimate of drug-likeness (QED) is 0.242. The van der Waals surface area contributed by atoms with Crippen molar-refractivity contribution in [1.82, 2.24) is 19.7 Å². The maximum atomic E-state index is 11.6. The third-order valence-electron chi connectivity index (χ3n) is 6.21. The third kappa shape index (κ3) is 6.32. The topological polar surface area (TPSA) is 99.4 Å². The summed E-state index contributed by atoms with van der Waals surface area (Å²) in [6.07, 6.45) is 8.09. The Hall–Kier alpha value is -3.10. The van der Waals surface area contributed by atoms with Crippen molar-refractivity contribution in [1.29, 1.82) is 0 Å². The number of ether oxygens (including phenoxy) is 2. The van der Waals surface area contributed by atoms with Crippen molar-refractivity contribution >= 4 is 5.97 Å². The third-order valence-corrected chi connectivity index (χ3v) is 6.21. The first kappa shape index (κ1) is 26.5. The number of carboxylic acid groups (broad SMARTS) is 1. The number of unbranched alkanes of at least 4 members (excludes halogenated alkanes) is 3. The van der Waals surface area contributed by atoms with E-state index in [1.807, 2.05) is 28.9 Å². The van der Waals surface area contributed by atoms with E-state index in [9.17, 15) is 9.90 Å². The zero-order valence-corrected chi connectivity index (χ0v) is 21.2. The number of rotatable bonds is 14. The van der Waals surface area contributed by atoms with E-state index in [0.29, 0.717) is 24.4 Å². The second kappa shape index (κ2) is 12.6. The highest BCUT2D eigenvalue weighted by Gasteiger charge is 2.37. The summed E-state index contributed by atoms with van der Waals surface area (Å²) in [5.41, 5.74) is 2.45. The fourth-order valence-corrected chi connectivity index (χ4v) is 4.12. The van der Waals surface area contributed by atoms with Crippen molar-refractivity contribution < 1.29 is 19.4 Å². The van der Waals surface area contributed by atoms with E-state index in [-0.39, 0.29) is 5.56 Å². The van der Waals surface area contributed by atoms with Gasteiger partial charge in [0.2, 0.25) is 11.6 Å². The molecule has 3 rings (SSSR count). The molecule has 0 aliphatic heterocycles. The lowest BCUT2D eigenvalue weighted by Gasteiger charge is -2.27. The highest BCUT2D eigenvalue weighted by molar-refractivity contribution is 5.94. The standard InChI is InChI=1S/C27H36N4O4/c1-5-7-9-18-31-23(29-26(30-31)27(34-3,35-4)16-8-6-2)19-20-12-14-21(15-13-20)24-22(25(32)33)11-10-17-28-24/h10-15,17H,5-9,16,18-19H2,1-4H3,(H,32,33). The molecule has 1 aromatic carbocycles. The van der Waals surface area contributed by atoms with Crippen molar-refractivity contribution in [3.63, 3.8) is 0 Å². The van der Waals surface area contributed by atoms with Crippen LogP contribution in [0.3, 0.4) is 0 Å². The summed E-state index contributed by atoms with van der Waals surface area (Å²) >= 11 is 0. The van der Waals surface area contributed by atoms with Gasteiger partial charge in [-0.25, -0.2) is 14.5 Å². The lowest BCUT2D eigenvalue weighted by molar-refractivity contribution is -0.226. The van der Waals surface area contributed by atoms with Gasteiger partial charge < -0.3 is 14.6 Å². The molecule has 0 saturated heterocycles. The molecule has 0 bridgehead atoms. The molecule has 188 valence electrons. The van der Waals surface area contributed by atoms with Crippen LogP contribution in [0.5, 0.6) is 0 Å². The normalized spacial score (nSPS) is 11.7. The molecule has 0 amide bonds. The SMILES string of the molecule is CCCCCn1nc(C(CCCC)(OC)OC)nc1Cc1ccc(-c2ncccc2C(=O)O)cc1. The number of hydrogen-bond acceptors (Lipinski definition) is 6. The lowest BCUT2D eigenvalue weighted by atomic mass is 10.0. The van der Waals surface area contributed by atoms with Crippen molar-refractivity contribution in [2.24, 2.45) is 0 Å². The van der Waals surface area contributed by atoms with Gasteiger partial charge in [-0.15, -0.1) is 0 Å². The Morgan fingerprint density at radius 3 is 2.37 bits per heavy atom. The van der Waals surface area contributed by atoms with E-state index in [1.54, 1.807) is 32.5 Å². The smallest absolute Gasteiger partial charge is 0.337 e. The van der Waals surface area contributed by atoms with Crippen LogP contribution in [0.2, 0.25) is 0 Å². The summed E-state index contributed by atoms with van der Waals surface area (Å²) in [4.78, 5) is 20.7. The van der Waals surface area contributed by atoms with E-state index in [2.05, 4.69) is 18.8 Å². The zero-order chi connectivity index (χ0) is 25.3. The molecule has 0 atom stereocenters. The second-order valence-corrected chi connectivity index (χ2v) is 8.63. The lowest BCUT2D eigenvalue weighted by Crippen LogP contribution is -2.32. The van der Waals surface area contributed by atoms with E-state index >= 15 is 0 Å². The number of hydrogen-bond donors (Lipinski definition) is 1. The number of carboxylic acids is 1. The maximum Gasteiger partial charge on any atom is 0.337 e. The minimum atomic E-state index is -0.993. The Kier molecular flexibility index (Phi) is 9.51. The largest absolute Gasteiger partial charge is 0.478 e. The number of nitrogens with zero attached hydrogens (tertiary/aromatic N) is 4. The molecule has 2 aromatic heterocycles. The predicted molar refractivity (Wildman–Crippen MR) is 134 cm³/mol.